The predicted molar refractivity (Wildman–Crippen MR) is 57.6 cm³/mol. The van der Waals surface area contributed by atoms with Crippen LogP contribution in [0.5, 0.6) is 0 Å². The van der Waals surface area contributed by atoms with Crippen LogP contribution in [0, 0.1) is 0 Å². The summed E-state index contributed by atoms with van der Waals surface area (Å²) in [5, 5.41) is 21.7. The molecule has 1 aliphatic rings. The van der Waals surface area contributed by atoms with Crippen LogP contribution in [0.3, 0.4) is 0 Å². The molecule has 2 atom stereocenters. The zero-order chi connectivity index (χ0) is 13.7. The maximum Gasteiger partial charge on any atom is 0.303 e. The van der Waals surface area contributed by atoms with Crippen molar-refractivity contribution >= 4 is 23.8 Å². The fourth-order valence-corrected chi connectivity index (χ4v) is 1.62. The number of hydrogen-bond donors (Lipinski definition) is 4. The molecule has 1 fully saturated rings. The fourth-order valence-electron chi connectivity index (χ4n) is 1.62. The van der Waals surface area contributed by atoms with E-state index in [9.17, 15) is 19.2 Å². The van der Waals surface area contributed by atoms with Gasteiger partial charge >= 0.3 is 11.9 Å². The van der Waals surface area contributed by atoms with Gasteiger partial charge < -0.3 is 20.8 Å². The van der Waals surface area contributed by atoms with Crippen LogP contribution in [-0.2, 0) is 19.2 Å². The lowest BCUT2D eigenvalue weighted by atomic mass is 10.0. The highest BCUT2D eigenvalue weighted by atomic mass is 16.4. The van der Waals surface area contributed by atoms with E-state index in [2.05, 4.69) is 10.6 Å². The van der Waals surface area contributed by atoms with Gasteiger partial charge in [-0.2, -0.15) is 0 Å². The van der Waals surface area contributed by atoms with Gasteiger partial charge in [-0.3, -0.25) is 19.2 Å². The molecule has 100 valence electrons. The molecule has 1 heterocycles. The Labute approximate surface area is 102 Å². The summed E-state index contributed by atoms with van der Waals surface area (Å²) in [6, 6.07) is -1.73. The summed E-state index contributed by atoms with van der Waals surface area (Å²) in [5.41, 5.74) is 0. The fraction of sp³-hybridized carbons (Fsp3) is 0.600. The van der Waals surface area contributed by atoms with Crippen LogP contribution >= 0.6 is 0 Å². The monoisotopic (exact) mass is 258 g/mol. The molecule has 0 aromatic heterocycles. The van der Waals surface area contributed by atoms with Crippen molar-refractivity contribution in [2.75, 3.05) is 0 Å². The average Bonchev–Trinajstić information content (AvgIpc) is 2.27. The first-order chi connectivity index (χ1) is 8.40. The smallest absolute Gasteiger partial charge is 0.303 e. The number of carboxylic acids is 2. The summed E-state index contributed by atoms with van der Waals surface area (Å²) in [6.45, 7) is 0. The van der Waals surface area contributed by atoms with E-state index >= 15 is 0 Å². The molecular formula is C10H14N2O6. The van der Waals surface area contributed by atoms with Crippen LogP contribution in [0.25, 0.3) is 0 Å². The predicted octanol–water partition coefficient (Wildman–Crippen LogP) is -1.30. The molecule has 4 N–H and O–H groups in total. The Morgan fingerprint density at radius 3 is 1.50 bits per heavy atom. The lowest BCUT2D eigenvalue weighted by Gasteiger charge is -2.29. The molecule has 0 aromatic rings. The summed E-state index contributed by atoms with van der Waals surface area (Å²) in [7, 11) is 0. The van der Waals surface area contributed by atoms with E-state index in [4.69, 9.17) is 10.2 Å². The van der Waals surface area contributed by atoms with Crippen molar-refractivity contribution in [2.24, 2.45) is 0 Å². The van der Waals surface area contributed by atoms with Crippen LogP contribution in [0.1, 0.15) is 25.7 Å². The number of carbonyl (C=O) groups excluding carboxylic acids is 2. The Bertz CT molecular complexity index is 345. The maximum absolute atomic E-state index is 11.5. The molecule has 2 amide bonds. The van der Waals surface area contributed by atoms with Crippen molar-refractivity contribution in [1.82, 2.24) is 10.6 Å². The summed E-state index contributed by atoms with van der Waals surface area (Å²) < 4.78 is 0. The minimum atomic E-state index is -1.05. The minimum absolute atomic E-state index is 0.0125. The second kappa shape index (κ2) is 5.99. The van der Waals surface area contributed by atoms with E-state index in [-0.39, 0.29) is 25.7 Å². The molecule has 1 aliphatic heterocycles. The van der Waals surface area contributed by atoms with Crippen LogP contribution in [0.15, 0.2) is 0 Å². The highest BCUT2D eigenvalue weighted by Crippen LogP contribution is 2.08. The zero-order valence-electron chi connectivity index (χ0n) is 9.51. The van der Waals surface area contributed by atoms with Crippen molar-refractivity contribution in [3.05, 3.63) is 0 Å². The number of nitrogens with one attached hydrogen (secondary N) is 2. The SMILES string of the molecule is O=C(O)CCC1NC(=O)[C@H](CCC(=O)O)NC1=O. The molecule has 0 aliphatic carbocycles. The third-order valence-electron chi connectivity index (χ3n) is 2.56. The molecule has 0 aromatic carbocycles. The molecule has 8 nitrogen and oxygen atoms in total. The molecule has 0 spiro atoms. The first-order valence-electron chi connectivity index (χ1n) is 5.44. The van der Waals surface area contributed by atoms with E-state index in [1.165, 1.54) is 0 Å². The van der Waals surface area contributed by atoms with Crippen LogP contribution in [-0.4, -0.2) is 46.0 Å². The highest BCUT2D eigenvalue weighted by Gasteiger charge is 2.33. The highest BCUT2D eigenvalue weighted by molar-refractivity contribution is 5.97. The van der Waals surface area contributed by atoms with Gasteiger partial charge in [0.2, 0.25) is 11.8 Å². The molecule has 1 rings (SSSR count). The maximum atomic E-state index is 11.5. The lowest BCUT2D eigenvalue weighted by molar-refractivity contribution is -0.141. The van der Waals surface area contributed by atoms with Gasteiger partial charge in [-0.05, 0) is 12.8 Å². The Kier molecular flexibility index (Phi) is 4.64. The second-order valence-electron chi connectivity index (χ2n) is 3.99. The zero-order valence-corrected chi connectivity index (χ0v) is 9.51. The van der Waals surface area contributed by atoms with Crippen LogP contribution in [0.4, 0.5) is 0 Å². The molecule has 8 heteroatoms. The number of amides is 2. The number of rotatable bonds is 6. The summed E-state index contributed by atoms with van der Waals surface area (Å²) in [6.07, 6.45) is -0.423. The third-order valence-corrected chi connectivity index (χ3v) is 2.56. The molecule has 18 heavy (non-hydrogen) atoms. The number of hydrogen-bond acceptors (Lipinski definition) is 4. The minimum Gasteiger partial charge on any atom is -0.481 e. The standard InChI is InChI=1S/C10H14N2O6/c13-7(14)3-1-5-9(17)12-6(10(18)11-5)2-4-8(15)16/h5-6H,1-4H2,(H,11,18)(H,12,17)(H,13,14)(H,15,16)/t5-,6?/m0/s1. The van der Waals surface area contributed by atoms with Gasteiger partial charge in [0, 0.05) is 12.8 Å². The second-order valence-corrected chi connectivity index (χ2v) is 3.99. The molecule has 0 bridgehead atoms. The van der Waals surface area contributed by atoms with E-state index in [1.807, 2.05) is 0 Å². The quantitative estimate of drug-likeness (QED) is 0.468. The average molecular weight is 258 g/mol. The van der Waals surface area contributed by atoms with Gasteiger partial charge in [0.15, 0.2) is 0 Å². The van der Waals surface area contributed by atoms with Crippen molar-refractivity contribution in [3.63, 3.8) is 0 Å². The Hall–Kier alpha value is -2.12. The van der Waals surface area contributed by atoms with Gasteiger partial charge in [0.25, 0.3) is 0 Å². The van der Waals surface area contributed by atoms with E-state index in [1.54, 1.807) is 0 Å². The van der Waals surface area contributed by atoms with E-state index in [0.29, 0.717) is 0 Å². The largest absolute Gasteiger partial charge is 0.481 e. The van der Waals surface area contributed by atoms with Crippen LogP contribution < -0.4 is 10.6 Å². The van der Waals surface area contributed by atoms with Gasteiger partial charge in [-0.15, -0.1) is 0 Å². The van der Waals surface area contributed by atoms with Crippen molar-refractivity contribution in [1.29, 1.82) is 0 Å². The van der Waals surface area contributed by atoms with Crippen molar-refractivity contribution < 1.29 is 29.4 Å². The number of carboxylic acid groups (broad SMARTS) is 2. The summed E-state index contributed by atoms with van der Waals surface area (Å²) in [4.78, 5) is 43.8. The van der Waals surface area contributed by atoms with Gasteiger partial charge in [0.05, 0.1) is 0 Å². The number of aliphatic carboxylic acids is 2. The van der Waals surface area contributed by atoms with Crippen molar-refractivity contribution in [2.45, 2.75) is 37.8 Å². The Morgan fingerprint density at radius 2 is 1.22 bits per heavy atom. The van der Waals surface area contributed by atoms with Gasteiger partial charge in [0.1, 0.15) is 12.1 Å². The number of piperazine rings is 1. The van der Waals surface area contributed by atoms with E-state index in [0.717, 1.165) is 0 Å². The lowest BCUT2D eigenvalue weighted by Crippen LogP contribution is -2.61. The summed E-state index contributed by atoms with van der Waals surface area (Å²) >= 11 is 0. The van der Waals surface area contributed by atoms with Gasteiger partial charge in [-0.25, -0.2) is 0 Å². The molecule has 1 saturated heterocycles. The van der Waals surface area contributed by atoms with Crippen molar-refractivity contribution in [3.8, 4) is 0 Å². The normalized spacial score (nSPS) is 23.1. The van der Waals surface area contributed by atoms with Gasteiger partial charge in [-0.1, -0.05) is 0 Å². The first kappa shape index (κ1) is 13.9. The first-order valence-corrected chi connectivity index (χ1v) is 5.44. The number of carbonyl (C=O) groups is 4. The molecule has 0 saturated carbocycles. The Morgan fingerprint density at radius 1 is 0.889 bits per heavy atom. The summed E-state index contributed by atoms with van der Waals surface area (Å²) in [5.74, 6) is -3.06. The van der Waals surface area contributed by atoms with Crippen LogP contribution in [0.2, 0.25) is 0 Å². The third kappa shape index (κ3) is 4.04. The molecule has 0 radical (unpaired) electrons. The topological polar surface area (TPSA) is 133 Å². The van der Waals surface area contributed by atoms with E-state index < -0.39 is 35.8 Å². The molecule has 1 unspecified atom stereocenters. The molecular weight excluding hydrogens is 244 g/mol. The Balaban J connectivity index is 2.48.